The second-order valence-electron chi connectivity index (χ2n) is 4.89. The lowest BCUT2D eigenvalue weighted by molar-refractivity contribution is -0.131. The van der Waals surface area contributed by atoms with Crippen molar-refractivity contribution in [3.05, 3.63) is 29.8 Å². The average molecular weight is 284 g/mol. The number of carbonyl (C=O) groups is 1. The molecule has 1 aromatic rings. The maximum atomic E-state index is 12.1. The van der Waals surface area contributed by atoms with Crippen molar-refractivity contribution in [2.45, 2.75) is 26.0 Å². The van der Waals surface area contributed by atoms with Crippen molar-refractivity contribution < 1.29 is 18.3 Å². The summed E-state index contributed by atoms with van der Waals surface area (Å²) >= 11 is 0. The molecule has 1 amide bonds. The summed E-state index contributed by atoms with van der Waals surface area (Å²) in [5.41, 5.74) is 0.794. The molecule has 1 unspecified atom stereocenters. The van der Waals surface area contributed by atoms with Crippen LogP contribution in [0.3, 0.4) is 0 Å². The summed E-state index contributed by atoms with van der Waals surface area (Å²) in [6.45, 7) is 1.41. The number of rotatable bonds is 4. The first kappa shape index (κ1) is 14.7. The molecule has 1 atom stereocenters. The van der Waals surface area contributed by atoms with Gasteiger partial charge in [-0.1, -0.05) is 12.1 Å². The van der Waals surface area contributed by atoms with Gasteiger partial charge in [-0.15, -0.1) is 0 Å². The number of halogens is 2. The van der Waals surface area contributed by atoms with Crippen LogP contribution in [0.25, 0.3) is 0 Å². The number of piperazine rings is 1. The van der Waals surface area contributed by atoms with Crippen molar-refractivity contribution in [2.75, 3.05) is 19.6 Å². The second kappa shape index (κ2) is 6.65. The minimum atomic E-state index is -2.83. The number of hydrogen-bond donors (Lipinski definition) is 1. The molecule has 20 heavy (non-hydrogen) atoms. The molecular formula is C14H18F2N2O2. The quantitative estimate of drug-likeness (QED) is 0.914. The zero-order valence-electron chi connectivity index (χ0n) is 11.3. The van der Waals surface area contributed by atoms with Gasteiger partial charge in [0.15, 0.2) is 0 Å². The van der Waals surface area contributed by atoms with Crippen molar-refractivity contribution in [1.82, 2.24) is 10.2 Å². The molecule has 1 N–H and O–H groups in total. The maximum absolute atomic E-state index is 12.1. The molecule has 0 saturated carbocycles. The predicted molar refractivity (Wildman–Crippen MR) is 70.8 cm³/mol. The molecular weight excluding hydrogens is 266 g/mol. The van der Waals surface area contributed by atoms with Crippen LogP contribution in [0.2, 0.25) is 0 Å². The van der Waals surface area contributed by atoms with Gasteiger partial charge in [-0.2, -0.15) is 8.78 Å². The van der Waals surface area contributed by atoms with Crippen LogP contribution >= 0.6 is 0 Å². The monoisotopic (exact) mass is 284 g/mol. The van der Waals surface area contributed by atoms with Crippen LogP contribution in [0.1, 0.15) is 12.5 Å². The molecule has 1 saturated heterocycles. The van der Waals surface area contributed by atoms with Gasteiger partial charge in [0.05, 0.1) is 6.42 Å². The molecule has 4 nitrogen and oxygen atoms in total. The van der Waals surface area contributed by atoms with Crippen molar-refractivity contribution in [2.24, 2.45) is 0 Å². The average Bonchev–Trinajstić information content (AvgIpc) is 2.40. The van der Waals surface area contributed by atoms with Gasteiger partial charge in [-0.3, -0.25) is 4.79 Å². The van der Waals surface area contributed by atoms with Crippen LogP contribution in [-0.2, 0) is 11.2 Å². The highest BCUT2D eigenvalue weighted by molar-refractivity contribution is 5.79. The molecule has 2 rings (SSSR count). The van der Waals surface area contributed by atoms with Crippen LogP contribution in [0.5, 0.6) is 5.75 Å². The van der Waals surface area contributed by atoms with Gasteiger partial charge in [-0.25, -0.2) is 0 Å². The number of nitrogens with zero attached hydrogens (tertiary/aromatic N) is 1. The van der Waals surface area contributed by atoms with Crippen molar-refractivity contribution in [1.29, 1.82) is 0 Å². The van der Waals surface area contributed by atoms with Gasteiger partial charge >= 0.3 is 6.61 Å². The topological polar surface area (TPSA) is 41.6 Å². The summed E-state index contributed by atoms with van der Waals surface area (Å²) < 4.78 is 28.3. The third-order valence-corrected chi connectivity index (χ3v) is 3.23. The van der Waals surface area contributed by atoms with E-state index in [2.05, 4.69) is 10.1 Å². The maximum Gasteiger partial charge on any atom is 0.387 e. The third kappa shape index (κ3) is 4.16. The van der Waals surface area contributed by atoms with Crippen molar-refractivity contribution in [3.63, 3.8) is 0 Å². The molecule has 0 aromatic heterocycles. The van der Waals surface area contributed by atoms with E-state index in [1.807, 2.05) is 11.8 Å². The van der Waals surface area contributed by atoms with E-state index in [4.69, 9.17) is 0 Å². The van der Waals surface area contributed by atoms with Crippen molar-refractivity contribution in [3.8, 4) is 5.75 Å². The Hall–Kier alpha value is -1.69. The highest BCUT2D eigenvalue weighted by Crippen LogP contribution is 2.15. The number of carbonyl (C=O) groups excluding carboxylic acids is 1. The number of alkyl halides is 2. The van der Waals surface area contributed by atoms with E-state index in [9.17, 15) is 13.6 Å². The lowest BCUT2D eigenvalue weighted by atomic mass is 10.1. The zero-order chi connectivity index (χ0) is 14.5. The minimum Gasteiger partial charge on any atom is -0.435 e. The first-order valence-electron chi connectivity index (χ1n) is 6.59. The highest BCUT2D eigenvalue weighted by atomic mass is 19.3. The normalized spacial score (nSPS) is 19.2. The summed E-state index contributed by atoms with van der Waals surface area (Å²) in [6, 6.07) is 6.49. The Kier molecular flexibility index (Phi) is 4.89. The number of amides is 1. The zero-order valence-corrected chi connectivity index (χ0v) is 11.3. The molecule has 110 valence electrons. The van der Waals surface area contributed by atoms with Gasteiger partial charge < -0.3 is 15.0 Å². The Balaban J connectivity index is 1.90. The molecule has 0 aliphatic carbocycles. The smallest absolute Gasteiger partial charge is 0.387 e. The first-order valence-corrected chi connectivity index (χ1v) is 6.59. The molecule has 1 heterocycles. The van der Waals surface area contributed by atoms with E-state index in [1.165, 1.54) is 12.1 Å². The van der Waals surface area contributed by atoms with Crippen LogP contribution < -0.4 is 10.1 Å². The molecule has 1 aliphatic rings. The molecule has 0 bridgehead atoms. The van der Waals surface area contributed by atoms with E-state index >= 15 is 0 Å². The Bertz CT molecular complexity index is 451. The summed E-state index contributed by atoms with van der Waals surface area (Å²) in [6.07, 6.45) is 0.279. The second-order valence-corrected chi connectivity index (χ2v) is 4.89. The summed E-state index contributed by atoms with van der Waals surface area (Å²) in [7, 11) is 0. The lowest BCUT2D eigenvalue weighted by Gasteiger charge is -2.32. The van der Waals surface area contributed by atoms with Crippen LogP contribution in [-0.4, -0.2) is 43.1 Å². The molecule has 0 spiro atoms. The largest absolute Gasteiger partial charge is 0.435 e. The van der Waals surface area contributed by atoms with Crippen LogP contribution in [0, 0.1) is 0 Å². The Labute approximate surface area is 116 Å². The lowest BCUT2D eigenvalue weighted by Crippen LogP contribution is -2.51. The number of hydrogen-bond acceptors (Lipinski definition) is 3. The Morgan fingerprint density at radius 2 is 2.15 bits per heavy atom. The number of nitrogens with one attached hydrogen (secondary N) is 1. The van der Waals surface area contributed by atoms with Gasteiger partial charge in [0.2, 0.25) is 5.91 Å². The third-order valence-electron chi connectivity index (χ3n) is 3.23. The summed E-state index contributed by atoms with van der Waals surface area (Å²) in [4.78, 5) is 13.9. The predicted octanol–water partition coefficient (Wildman–Crippen LogP) is 1.65. The van der Waals surface area contributed by atoms with E-state index in [1.54, 1.807) is 12.1 Å². The van der Waals surface area contributed by atoms with Crippen LogP contribution in [0.4, 0.5) is 8.78 Å². The summed E-state index contributed by atoms with van der Waals surface area (Å²) in [5.74, 6) is 0.160. The Morgan fingerprint density at radius 1 is 1.45 bits per heavy atom. The van der Waals surface area contributed by atoms with Gasteiger partial charge in [0.25, 0.3) is 0 Å². The van der Waals surface area contributed by atoms with Gasteiger partial charge in [0.1, 0.15) is 5.75 Å². The van der Waals surface area contributed by atoms with Crippen molar-refractivity contribution >= 4 is 5.91 Å². The number of ether oxygens (including phenoxy) is 1. The summed E-state index contributed by atoms with van der Waals surface area (Å²) in [5, 5.41) is 3.27. The molecule has 1 fully saturated rings. The fourth-order valence-electron chi connectivity index (χ4n) is 2.23. The van der Waals surface area contributed by atoms with E-state index in [0.29, 0.717) is 19.1 Å². The Morgan fingerprint density at radius 3 is 2.75 bits per heavy atom. The molecule has 0 radical (unpaired) electrons. The van der Waals surface area contributed by atoms with Gasteiger partial charge in [-0.05, 0) is 24.6 Å². The van der Waals surface area contributed by atoms with E-state index in [-0.39, 0.29) is 18.1 Å². The van der Waals surface area contributed by atoms with E-state index < -0.39 is 6.61 Å². The molecule has 6 heteroatoms. The highest BCUT2D eigenvalue weighted by Gasteiger charge is 2.20. The fraction of sp³-hybridized carbons (Fsp3) is 0.500. The SMILES string of the molecule is CC1CN(C(=O)Cc2ccc(OC(F)F)cc2)CCN1. The first-order chi connectivity index (χ1) is 9.54. The minimum absolute atomic E-state index is 0.0564. The van der Waals surface area contributed by atoms with Gasteiger partial charge in [0, 0.05) is 25.7 Å². The molecule has 1 aromatic carbocycles. The number of benzene rings is 1. The van der Waals surface area contributed by atoms with E-state index in [0.717, 1.165) is 12.1 Å². The molecule has 1 aliphatic heterocycles. The standard InChI is InChI=1S/C14H18F2N2O2/c1-10-9-18(7-6-17-10)13(19)8-11-2-4-12(5-3-11)20-14(15)16/h2-5,10,14,17H,6-9H2,1H3. The van der Waals surface area contributed by atoms with Crippen LogP contribution in [0.15, 0.2) is 24.3 Å². The fourth-order valence-corrected chi connectivity index (χ4v) is 2.23.